The summed E-state index contributed by atoms with van der Waals surface area (Å²) in [5.74, 6) is 0. The highest BCUT2D eigenvalue weighted by molar-refractivity contribution is 4.89. The minimum Gasteiger partial charge on any atom is -0.395 e. The highest BCUT2D eigenvalue weighted by Gasteiger charge is 2.36. The number of nitrogens with zero attached hydrogens (tertiary/aromatic N) is 2. The lowest BCUT2D eigenvalue weighted by Gasteiger charge is -2.34. The molecule has 5 heteroatoms. The Morgan fingerprint density at radius 2 is 2.00 bits per heavy atom. The van der Waals surface area contributed by atoms with Crippen LogP contribution in [0.2, 0.25) is 0 Å². The van der Waals surface area contributed by atoms with Crippen LogP contribution in [0.5, 0.6) is 0 Å². The van der Waals surface area contributed by atoms with E-state index in [9.17, 15) is 0 Å². The molecule has 2 aliphatic rings. The van der Waals surface area contributed by atoms with Crippen molar-refractivity contribution in [2.45, 2.75) is 19.8 Å². The Kier molecular flexibility index (Phi) is 6.71. The van der Waals surface area contributed by atoms with Gasteiger partial charge < -0.3 is 20.1 Å². The highest BCUT2D eigenvalue weighted by atomic mass is 16.5. The van der Waals surface area contributed by atoms with Gasteiger partial charge in [0.05, 0.1) is 13.2 Å². The smallest absolute Gasteiger partial charge is 0.0558 e. The van der Waals surface area contributed by atoms with E-state index in [0.29, 0.717) is 5.41 Å². The van der Waals surface area contributed by atoms with Crippen molar-refractivity contribution in [2.75, 3.05) is 72.2 Å². The number of aliphatic hydroxyl groups excluding tert-OH is 1. The number of ether oxygens (including phenoxy) is 1. The Hall–Kier alpha value is -0.200. The van der Waals surface area contributed by atoms with E-state index in [0.717, 1.165) is 59.0 Å². The van der Waals surface area contributed by atoms with Crippen molar-refractivity contribution in [3.63, 3.8) is 0 Å². The summed E-state index contributed by atoms with van der Waals surface area (Å²) in [4.78, 5) is 4.98. The third kappa shape index (κ3) is 4.67. The van der Waals surface area contributed by atoms with Crippen LogP contribution in [0.15, 0.2) is 0 Å². The number of hydrogen-bond donors (Lipinski definition) is 2. The summed E-state index contributed by atoms with van der Waals surface area (Å²) in [5.41, 5.74) is 0.308. The van der Waals surface area contributed by atoms with Gasteiger partial charge in [0.1, 0.15) is 0 Å². The van der Waals surface area contributed by atoms with Gasteiger partial charge in [-0.05, 0) is 32.5 Å². The molecular formula is C15H31N3O2. The number of nitrogens with one attached hydrogen (secondary N) is 1. The number of rotatable bonds is 7. The second-order valence-electron chi connectivity index (χ2n) is 6.28. The molecule has 0 aromatic rings. The largest absolute Gasteiger partial charge is 0.395 e. The van der Waals surface area contributed by atoms with Gasteiger partial charge in [0.25, 0.3) is 0 Å². The normalized spacial score (nSPS) is 29.7. The molecule has 1 atom stereocenters. The van der Waals surface area contributed by atoms with E-state index >= 15 is 0 Å². The van der Waals surface area contributed by atoms with Crippen LogP contribution in [-0.2, 0) is 4.74 Å². The first-order chi connectivity index (χ1) is 9.78. The van der Waals surface area contributed by atoms with Crippen LogP contribution in [0.25, 0.3) is 0 Å². The molecule has 0 radical (unpaired) electrons. The first kappa shape index (κ1) is 16.2. The second kappa shape index (κ2) is 8.29. The SMILES string of the molecule is CCNCC1(CN2CCCN(CCO)CC2)CCOC1. The Morgan fingerprint density at radius 3 is 2.70 bits per heavy atom. The van der Waals surface area contributed by atoms with E-state index in [-0.39, 0.29) is 6.61 Å². The lowest BCUT2D eigenvalue weighted by Crippen LogP contribution is -2.45. The summed E-state index contributed by atoms with van der Waals surface area (Å²) >= 11 is 0. The molecule has 20 heavy (non-hydrogen) atoms. The predicted molar refractivity (Wildman–Crippen MR) is 81.0 cm³/mol. The molecule has 0 spiro atoms. The summed E-state index contributed by atoms with van der Waals surface area (Å²) < 4.78 is 5.68. The van der Waals surface area contributed by atoms with Gasteiger partial charge >= 0.3 is 0 Å². The average molecular weight is 285 g/mol. The van der Waals surface area contributed by atoms with Crippen molar-refractivity contribution in [2.24, 2.45) is 5.41 Å². The molecule has 2 saturated heterocycles. The Morgan fingerprint density at radius 1 is 1.20 bits per heavy atom. The quantitative estimate of drug-likeness (QED) is 0.690. The number of β-amino-alcohol motifs (C(OH)–C–C–N with tert-alkyl or cyclic N) is 1. The first-order valence-corrected chi connectivity index (χ1v) is 8.12. The zero-order valence-electron chi connectivity index (χ0n) is 12.9. The Bertz CT molecular complexity index is 270. The zero-order chi connectivity index (χ0) is 14.3. The molecule has 2 heterocycles. The zero-order valence-corrected chi connectivity index (χ0v) is 12.9. The summed E-state index contributed by atoms with van der Waals surface area (Å²) in [5, 5.41) is 12.6. The topological polar surface area (TPSA) is 48.0 Å². The fourth-order valence-corrected chi connectivity index (χ4v) is 3.38. The average Bonchev–Trinajstić information content (AvgIpc) is 2.80. The lowest BCUT2D eigenvalue weighted by atomic mass is 9.86. The van der Waals surface area contributed by atoms with Crippen molar-refractivity contribution < 1.29 is 9.84 Å². The van der Waals surface area contributed by atoms with Crippen molar-refractivity contribution in [1.29, 1.82) is 0 Å². The minimum absolute atomic E-state index is 0.276. The molecule has 1 unspecified atom stereocenters. The maximum absolute atomic E-state index is 9.06. The molecule has 0 saturated carbocycles. The summed E-state index contributed by atoms with van der Waals surface area (Å²) in [6.45, 7) is 12.8. The van der Waals surface area contributed by atoms with E-state index < -0.39 is 0 Å². The van der Waals surface area contributed by atoms with E-state index in [2.05, 4.69) is 22.0 Å². The molecule has 0 bridgehead atoms. The molecule has 2 N–H and O–H groups in total. The molecule has 2 aliphatic heterocycles. The molecule has 0 aromatic heterocycles. The molecular weight excluding hydrogens is 254 g/mol. The van der Waals surface area contributed by atoms with Crippen LogP contribution in [0, 0.1) is 5.41 Å². The highest BCUT2D eigenvalue weighted by Crippen LogP contribution is 2.29. The van der Waals surface area contributed by atoms with Crippen molar-refractivity contribution >= 4 is 0 Å². The molecule has 2 fully saturated rings. The van der Waals surface area contributed by atoms with Gasteiger partial charge in [0.2, 0.25) is 0 Å². The number of aliphatic hydroxyl groups is 1. The Balaban J connectivity index is 1.84. The fourth-order valence-electron chi connectivity index (χ4n) is 3.38. The molecule has 0 amide bonds. The van der Waals surface area contributed by atoms with E-state index in [1.807, 2.05) is 0 Å². The van der Waals surface area contributed by atoms with Crippen LogP contribution >= 0.6 is 0 Å². The standard InChI is InChI=1S/C15H31N3O2/c1-2-16-12-15(4-11-20-14-15)13-18-6-3-5-17(7-8-18)9-10-19/h16,19H,2-14H2,1H3. The molecule has 118 valence electrons. The van der Waals surface area contributed by atoms with E-state index in [4.69, 9.17) is 9.84 Å². The summed E-state index contributed by atoms with van der Waals surface area (Å²) in [6.07, 6.45) is 2.38. The number of hydrogen-bond acceptors (Lipinski definition) is 5. The van der Waals surface area contributed by atoms with Gasteiger partial charge in [0.15, 0.2) is 0 Å². The maximum Gasteiger partial charge on any atom is 0.0558 e. The molecule has 2 rings (SSSR count). The summed E-state index contributed by atoms with van der Waals surface area (Å²) in [7, 11) is 0. The predicted octanol–water partition coefficient (Wildman–Crippen LogP) is 0.00260. The van der Waals surface area contributed by atoms with Gasteiger partial charge in [-0.15, -0.1) is 0 Å². The van der Waals surface area contributed by atoms with Gasteiger partial charge in [-0.25, -0.2) is 0 Å². The van der Waals surface area contributed by atoms with Crippen LogP contribution in [0.3, 0.4) is 0 Å². The van der Waals surface area contributed by atoms with E-state index in [1.54, 1.807) is 0 Å². The van der Waals surface area contributed by atoms with Gasteiger partial charge in [-0.1, -0.05) is 6.92 Å². The van der Waals surface area contributed by atoms with Gasteiger partial charge in [-0.2, -0.15) is 0 Å². The van der Waals surface area contributed by atoms with Crippen LogP contribution < -0.4 is 5.32 Å². The Labute approximate surface area is 123 Å². The first-order valence-electron chi connectivity index (χ1n) is 8.12. The van der Waals surface area contributed by atoms with Gasteiger partial charge in [-0.3, -0.25) is 4.90 Å². The fraction of sp³-hybridized carbons (Fsp3) is 1.00. The molecule has 0 aliphatic carbocycles. The monoisotopic (exact) mass is 285 g/mol. The van der Waals surface area contributed by atoms with Crippen LogP contribution in [0.4, 0.5) is 0 Å². The van der Waals surface area contributed by atoms with Crippen molar-refractivity contribution in [1.82, 2.24) is 15.1 Å². The summed E-state index contributed by atoms with van der Waals surface area (Å²) in [6, 6.07) is 0. The van der Waals surface area contributed by atoms with E-state index in [1.165, 1.54) is 19.4 Å². The van der Waals surface area contributed by atoms with Crippen molar-refractivity contribution in [3.05, 3.63) is 0 Å². The van der Waals surface area contributed by atoms with Gasteiger partial charge in [0, 0.05) is 44.7 Å². The second-order valence-corrected chi connectivity index (χ2v) is 6.28. The lowest BCUT2D eigenvalue weighted by molar-refractivity contribution is 0.109. The minimum atomic E-state index is 0.276. The molecule has 0 aromatic carbocycles. The van der Waals surface area contributed by atoms with Crippen molar-refractivity contribution in [3.8, 4) is 0 Å². The maximum atomic E-state index is 9.06. The third-order valence-corrected chi connectivity index (χ3v) is 4.59. The molecule has 5 nitrogen and oxygen atoms in total. The van der Waals surface area contributed by atoms with Crippen LogP contribution in [0.1, 0.15) is 19.8 Å². The third-order valence-electron chi connectivity index (χ3n) is 4.59. The van der Waals surface area contributed by atoms with Crippen LogP contribution in [-0.4, -0.2) is 87.1 Å².